The lowest BCUT2D eigenvalue weighted by Crippen LogP contribution is -2.45. The van der Waals surface area contributed by atoms with Crippen molar-refractivity contribution in [3.63, 3.8) is 0 Å². The minimum atomic E-state index is -0.958. The maximum Gasteiger partial charge on any atom is 0.335 e. The lowest BCUT2D eigenvalue weighted by atomic mass is 10.1. The van der Waals surface area contributed by atoms with Crippen molar-refractivity contribution in [2.75, 3.05) is 13.2 Å². The van der Waals surface area contributed by atoms with Crippen LogP contribution in [0.3, 0.4) is 0 Å². The van der Waals surface area contributed by atoms with E-state index in [2.05, 4.69) is 0 Å². The first-order valence-electron chi connectivity index (χ1n) is 3.50. The number of rotatable bonds is 1. The lowest BCUT2D eigenvalue weighted by Gasteiger charge is -2.32. The Morgan fingerprint density at radius 2 is 2.27 bits per heavy atom. The SMILES string of the molecule is CC1(C)COC(C(=O)O)CO1. The van der Waals surface area contributed by atoms with Gasteiger partial charge in [-0.05, 0) is 13.8 Å². The number of carbonyl (C=O) groups is 1. The van der Waals surface area contributed by atoms with E-state index in [1.54, 1.807) is 0 Å². The fourth-order valence-electron chi connectivity index (χ4n) is 0.835. The van der Waals surface area contributed by atoms with Crippen LogP contribution in [-0.4, -0.2) is 36.0 Å². The van der Waals surface area contributed by atoms with Crippen molar-refractivity contribution >= 4 is 5.97 Å². The largest absolute Gasteiger partial charge is 0.479 e. The number of carboxylic acid groups (broad SMARTS) is 1. The van der Waals surface area contributed by atoms with Crippen LogP contribution in [0.5, 0.6) is 0 Å². The van der Waals surface area contributed by atoms with E-state index in [1.807, 2.05) is 13.8 Å². The number of ether oxygens (including phenoxy) is 2. The summed E-state index contributed by atoms with van der Waals surface area (Å²) in [5.74, 6) is -0.958. The molecule has 0 saturated carbocycles. The Morgan fingerprint density at radius 3 is 2.64 bits per heavy atom. The highest BCUT2D eigenvalue weighted by atomic mass is 16.6. The van der Waals surface area contributed by atoms with E-state index in [4.69, 9.17) is 14.6 Å². The average molecular weight is 160 g/mol. The Balaban J connectivity index is 2.42. The van der Waals surface area contributed by atoms with Crippen LogP contribution in [0.1, 0.15) is 13.8 Å². The van der Waals surface area contributed by atoms with Gasteiger partial charge in [0.15, 0.2) is 6.10 Å². The van der Waals surface area contributed by atoms with E-state index in [0.717, 1.165) is 0 Å². The Labute approximate surface area is 65.1 Å². The molecule has 0 amide bonds. The molecule has 1 heterocycles. The van der Waals surface area contributed by atoms with Crippen LogP contribution >= 0.6 is 0 Å². The van der Waals surface area contributed by atoms with Crippen molar-refractivity contribution in [1.29, 1.82) is 0 Å². The second kappa shape index (κ2) is 2.79. The molecular weight excluding hydrogens is 148 g/mol. The van der Waals surface area contributed by atoms with Crippen molar-refractivity contribution in [3.8, 4) is 0 Å². The van der Waals surface area contributed by atoms with Crippen molar-refractivity contribution in [2.45, 2.75) is 25.6 Å². The van der Waals surface area contributed by atoms with E-state index in [1.165, 1.54) is 0 Å². The second-order valence-electron chi connectivity index (χ2n) is 3.21. The van der Waals surface area contributed by atoms with Gasteiger partial charge in [-0.15, -0.1) is 0 Å². The number of carboxylic acids is 1. The quantitative estimate of drug-likeness (QED) is 0.598. The molecule has 0 aromatic rings. The molecule has 0 aliphatic carbocycles. The molecule has 1 aliphatic rings. The summed E-state index contributed by atoms with van der Waals surface area (Å²) in [7, 11) is 0. The fraction of sp³-hybridized carbons (Fsp3) is 0.857. The monoisotopic (exact) mass is 160 g/mol. The molecule has 4 nitrogen and oxygen atoms in total. The summed E-state index contributed by atoms with van der Waals surface area (Å²) in [6.07, 6.45) is -0.789. The van der Waals surface area contributed by atoms with Gasteiger partial charge in [0, 0.05) is 0 Å². The smallest absolute Gasteiger partial charge is 0.335 e. The highest BCUT2D eigenvalue weighted by Crippen LogP contribution is 2.17. The molecule has 0 aromatic heterocycles. The number of aliphatic carboxylic acids is 1. The zero-order valence-corrected chi connectivity index (χ0v) is 6.66. The van der Waals surface area contributed by atoms with Crippen LogP contribution in [0.2, 0.25) is 0 Å². The molecule has 1 atom stereocenters. The summed E-state index contributed by atoms with van der Waals surface area (Å²) in [6.45, 7) is 4.21. The summed E-state index contributed by atoms with van der Waals surface area (Å²) >= 11 is 0. The molecule has 0 bridgehead atoms. The van der Waals surface area contributed by atoms with Crippen molar-refractivity contribution in [1.82, 2.24) is 0 Å². The Bertz CT molecular complexity index is 154. The molecule has 11 heavy (non-hydrogen) atoms. The molecule has 0 spiro atoms. The first kappa shape index (κ1) is 8.49. The second-order valence-corrected chi connectivity index (χ2v) is 3.21. The summed E-state index contributed by atoms with van der Waals surface area (Å²) in [5, 5.41) is 8.50. The Morgan fingerprint density at radius 1 is 1.64 bits per heavy atom. The molecule has 1 unspecified atom stereocenters. The van der Waals surface area contributed by atoms with Gasteiger partial charge < -0.3 is 14.6 Å². The van der Waals surface area contributed by atoms with Gasteiger partial charge in [0.25, 0.3) is 0 Å². The third-order valence-corrected chi connectivity index (χ3v) is 1.53. The highest BCUT2D eigenvalue weighted by Gasteiger charge is 2.31. The van der Waals surface area contributed by atoms with Crippen molar-refractivity contribution in [2.24, 2.45) is 0 Å². The third kappa shape index (κ3) is 2.17. The van der Waals surface area contributed by atoms with E-state index < -0.39 is 12.1 Å². The highest BCUT2D eigenvalue weighted by molar-refractivity contribution is 5.72. The van der Waals surface area contributed by atoms with Gasteiger partial charge in [0.1, 0.15) is 0 Å². The van der Waals surface area contributed by atoms with Crippen LogP contribution in [0.15, 0.2) is 0 Å². The minimum Gasteiger partial charge on any atom is -0.479 e. The molecule has 1 N–H and O–H groups in total. The number of hydrogen-bond donors (Lipinski definition) is 1. The van der Waals surface area contributed by atoms with Crippen molar-refractivity contribution < 1.29 is 19.4 Å². The first-order valence-corrected chi connectivity index (χ1v) is 3.50. The number of hydrogen-bond acceptors (Lipinski definition) is 3. The normalized spacial score (nSPS) is 29.8. The molecule has 64 valence electrons. The van der Waals surface area contributed by atoms with E-state index in [9.17, 15) is 4.79 Å². The Kier molecular flexibility index (Phi) is 2.15. The van der Waals surface area contributed by atoms with Crippen LogP contribution in [0, 0.1) is 0 Å². The molecule has 4 heteroatoms. The first-order chi connectivity index (χ1) is 5.01. The van der Waals surface area contributed by atoms with Crippen molar-refractivity contribution in [3.05, 3.63) is 0 Å². The minimum absolute atomic E-state index is 0.141. The summed E-state index contributed by atoms with van der Waals surface area (Å²) in [5.41, 5.74) is -0.341. The van der Waals surface area contributed by atoms with E-state index in [0.29, 0.717) is 6.61 Å². The van der Waals surface area contributed by atoms with Gasteiger partial charge in [0.2, 0.25) is 0 Å². The zero-order chi connectivity index (χ0) is 8.48. The molecular formula is C7H12O4. The van der Waals surface area contributed by atoms with Gasteiger partial charge in [-0.25, -0.2) is 4.79 Å². The predicted octanol–water partition coefficient (Wildman–Crippen LogP) is 0.265. The van der Waals surface area contributed by atoms with Gasteiger partial charge in [0.05, 0.1) is 18.8 Å². The maximum atomic E-state index is 10.4. The molecule has 1 fully saturated rings. The van der Waals surface area contributed by atoms with Crippen LogP contribution in [0.4, 0.5) is 0 Å². The Hall–Kier alpha value is -0.610. The molecule has 1 rings (SSSR count). The summed E-state index contributed by atoms with van der Waals surface area (Å²) < 4.78 is 10.3. The van der Waals surface area contributed by atoms with Gasteiger partial charge in [-0.3, -0.25) is 0 Å². The molecule has 0 radical (unpaired) electrons. The molecule has 0 aromatic carbocycles. The molecule has 1 saturated heterocycles. The topological polar surface area (TPSA) is 55.8 Å². The maximum absolute atomic E-state index is 10.4. The third-order valence-electron chi connectivity index (χ3n) is 1.53. The fourth-order valence-corrected chi connectivity index (χ4v) is 0.835. The summed E-state index contributed by atoms with van der Waals surface area (Å²) in [4.78, 5) is 10.4. The molecule has 1 aliphatic heterocycles. The summed E-state index contributed by atoms with van der Waals surface area (Å²) in [6, 6.07) is 0. The zero-order valence-electron chi connectivity index (χ0n) is 6.66. The predicted molar refractivity (Wildman–Crippen MR) is 37.4 cm³/mol. The van der Waals surface area contributed by atoms with Crippen LogP contribution in [0.25, 0.3) is 0 Å². The average Bonchev–Trinajstić information content (AvgIpc) is 1.86. The lowest BCUT2D eigenvalue weighted by molar-refractivity contribution is -0.193. The van der Waals surface area contributed by atoms with E-state index >= 15 is 0 Å². The van der Waals surface area contributed by atoms with Gasteiger partial charge >= 0.3 is 5.97 Å². The van der Waals surface area contributed by atoms with Gasteiger partial charge in [-0.2, -0.15) is 0 Å². The van der Waals surface area contributed by atoms with Crippen LogP contribution in [-0.2, 0) is 14.3 Å². The van der Waals surface area contributed by atoms with Gasteiger partial charge in [-0.1, -0.05) is 0 Å². The van der Waals surface area contributed by atoms with E-state index in [-0.39, 0.29) is 12.2 Å². The standard InChI is InChI=1S/C7H12O4/c1-7(2)4-10-5(3-11-7)6(8)9/h5H,3-4H2,1-2H3,(H,8,9). The van der Waals surface area contributed by atoms with Crippen LogP contribution < -0.4 is 0 Å².